The first kappa shape index (κ1) is 7.80. The summed E-state index contributed by atoms with van der Waals surface area (Å²) in [5.41, 5.74) is 0. The van der Waals surface area contributed by atoms with Crippen molar-refractivity contribution in [1.29, 1.82) is 0 Å². The van der Waals surface area contributed by atoms with Crippen molar-refractivity contribution in [3.63, 3.8) is 0 Å². The Kier molecular flexibility index (Phi) is 2.94. The van der Waals surface area contributed by atoms with Crippen LogP contribution < -0.4 is 0 Å². The van der Waals surface area contributed by atoms with Crippen molar-refractivity contribution >= 4 is 0 Å². The maximum atomic E-state index is 2.50. The molecule has 0 heterocycles. The summed E-state index contributed by atoms with van der Waals surface area (Å²) in [6.07, 6.45) is 7.25. The molecule has 0 aromatic heterocycles. The van der Waals surface area contributed by atoms with E-state index in [0.29, 0.717) is 0 Å². The number of nitrogens with zero attached hydrogens (tertiary/aromatic N) is 1. The van der Waals surface area contributed by atoms with Crippen molar-refractivity contribution in [3.8, 4) is 0 Å². The molecule has 1 heteroatoms. The molecular weight excluding hydrogens is 122 g/mol. The first-order chi connectivity index (χ1) is 4.88. The maximum Gasteiger partial charge on any atom is 0.0280 e. The zero-order valence-electron chi connectivity index (χ0n) is 7.01. The lowest BCUT2D eigenvalue weighted by atomic mass is 10.2. The third-order valence-electron chi connectivity index (χ3n) is 2.27. The molecule has 0 saturated carbocycles. The van der Waals surface area contributed by atoms with Crippen molar-refractivity contribution in [1.82, 2.24) is 4.90 Å². The van der Waals surface area contributed by atoms with Gasteiger partial charge in [0.1, 0.15) is 0 Å². The smallest absolute Gasteiger partial charge is 0.0280 e. The van der Waals surface area contributed by atoms with Crippen LogP contribution in [0.25, 0.3) is 0 Å². The van der Waals surface area contributed by atoms with Gasteiger partial charge in [-0.2, -0.15) is 0 Å². The van der Waals surface area contributed by atoms with Gasteiger partial charge in [-0.15, -0.1) is 0 Å². The van der Waals surface area contributed by atoms with Crippen LogP contribution in [0, 0.1) is 0 Å². The van der Waals surface area contributed by atoms with Crippen LogP contribution in [0.2, 0.25) is 0 Å². The summed E-state index contributed by atoms with van der Waals surface area (Å²) in [6.45, 7) is 6.84. The molecule has 1 aliphatic rings. The molecule has 0 radical (unpaired) electrons. The molecule has 0 amide bonds. The first-order valence-corrected chi connectivity index (χ1v) is 4.29. The molecule has 0 fully saturated rings. The minimum absolute atomic E-state index is 0.745. The Morgan fingerprint density at radius 2 is 2.10 bits per heavy atom. The summed E-state index contributed by atoms with van der Waals surface area (Å²) in [5, 5.41) is 0. The second kappa shape index (κ2) is 3.77. The van der Waals surface area contributed by atoms with Crippen LogP contribution in [-0.4, -0.2) is 24.0 Å². The minimum atomic E-state index is 0.745. The molecule has 1 atom stereocenters. The Hall–Kier alpha value is -0.300. The lowest BCUT2D eigenvalue weighted by Crippen LogP contribution is -2.31. The second-order valence-electron chi connectivity index (χ2n) is 2.79. The molecule has 0 spiro atoms. The van der Waals surface area contributed by atoms with E-state index in [1.165, 1.54) is 25.9 Å². The van der Waals surface area contributed by atoms with Crippen molar-refractivity contribution in [2.75, 3.05) is 13.1 Å². The summed E-state index contributed by atoms with van der Waals surface area (Å²) < 4.78 is 0. The molecule has 1 nitrogen and oxygen atoms in total. The van der Waals surface area contributed by atoms with E-state index in [0.717, 1.165) is 6.04 Å². The van der Waals surface area contributed by atoms with Gasteiger partial charge >= 0.3 is 0 Å². The highest BCUT2D eigenvalue weighted by molar-refractivity contribution is 5.01. The van der Waals surface area contributed by atoms with E-state index in [1.54, 1.807) is 0 Å². The molecule has 1 unspecified atom stereocenters. The third kappa shape index (κ3) is 1.60. The van der Waals surface area contributed by atoms with Crippen LogP contribution in [-0.2, 0) is 0 Å². The molecular formula is C9H17N. The summed E-state index contributed by atoms with van der Waals surface area (Å²) >= 11 is 0. The predicted molar refractivity (Wildman–Crippen MR) is 45.1 cm³/mol. The number of rotatable bonds is 3. The SMILES string of the molecule is CCN(CC)C1C=CCC1. The lowest BCUT2D eigenvalue weighted by Gasteiger charge is -2.24. The van der Waals surface area contributed by atoms with Crippen molar-refractivity contribution < 1.29 is 0 Å². The van der Waals surface area contributed by atoms with Crippen LogP contribution in [0.1, 0.15) is 26.7 Å². The predicted octanol–water partition coefficient (Wildman–Crippen LogP) is 2.05. The molecule has 1 aliphatic carbocycles. The summed E-state index contributed by atoms with van der Waals surface area (Å²) in [7, 11) is 0. The maximum absolute atomic E-state index is 2.50. The average Bonchev–Trinajstić information content (AvgIpc) is 2.43. The van der Waals surface area contributed by atoms with Crippen LogP contribution in [0.3, 0.4) is 0 Å². The fourth-order valence-electron chi connectivity index (χ4n) is 1.61. The molecule has 10 heavy (non-hydrogen) atoms. The number of likely N-dealkylation sites (N-methyl/N-ethyl adjacent to an activating group) is 1. The van der Waals surface area contributed by atoms with Gasteiger partial charge in [0, 0.05) is 6.04 Å². The van der Waals surface area contributed by atoms with E-state index >= 15 is 0 Å². The minimum Gasteiger partial charge on any atom is -0.297 e. The molecule has 1 rings (SSSR count). The number of hydrogen-bond donors (Lipinski definition) is 0. The zero-order chi connectivity index (χ0) is 7.40. The van der Waals surface area contributed by atoms with Gasteiger partial charge in [0.2, 0.25) is 0 Å². The van der Waals surface area contributed by atoms with Gasteiger partial charge in [0.15, 0.2) is 0 Å². The molecule has 0 bridgehead atoms. The van der Waals surface area contributed by atoms with Crippen molar-refractivity contribution in [2.24, 2.45) is 0 Å². The van der Waals surface area contributed by atoms with E-state index in [2.05, 4.69) is 30.9 Å². The largest absolute Gasteiger partial charge is 0.297 e. The molecule has 0 aliphatic heterocycles. The Morgan fingerprint density at radius 1 is 1.40 bits per heavy atom. The fourth-order valence-corrected chi connectivity index (χ4v) is 1.61. The Balaban J connectivity index is 2.37. The highest BCUT2D eigenvalue weighted by Gasteiger charge is 2.14. The fraction of sp³-hybridized carbons (Fsp3) is 0.778. The van der Waals surface area contributed by atoms with Gasteiger partial charge in [0.25, 0.3) is 0 Å². The van der Waals surface area contributed by atoms with Gasteiger partial charge in [-0.1, -0.05) is 26.0 Å². The molecule has 0 N–H and O–H groups in total. The first-order valence-electron chi connectivity index (χ1n) is 4.29. The Morgan fingerprint density at radius 3 is 2.50 bits per heavy atom. The molecule has 0 aromatic rings. The van der Waals surface area contributed by atoms with Crippen molar-refractivity contribution in [2.45, 2.75) is 32.7 Å². The van der Waals surface area contributed by atoms with Crippen LogP contribution in [0.5, 0.6) is 0 Å². The Labute approximate surface area is 63.7 Å². The number of hydrogen-bond acceptors (Lipinski definition) is 1. The van der Waals surface area contributed by atoms with E-state index in [9.17, 15) is 0 Å². The zero-order valence-corrected chi connectivity index (χ0v) is 7.01. The van der Waals surface area contributed by atoms with Crippen LogP contribution >= 0.6 is 0 Å². The van der Waals surface area contributed by atoms with E-state index in [4.69, 9.17) is 0 Å². The lowest BCUT2D eigenvalue weighted by molar-refractivity contribution is 0.252. The van der Waals surface area contributed by atoms with Crippen LogP contribution in [0.4, 0.5) is 0 Å². The average molecular weight is 139 g/mol. The monoisotopic (exact) mass is 139 g/mol. The standard InChI is InChI=1S/C9H17N/c1-3-10(4-2)9-7-5-6-8-9/h5,7,9H,3-4,6,8H2,1-2H3. The van der Waals surface area contributed by atoms with E-state index in [-0.39, 0.29) is 0 Å². The molecule has 0 saturated heterocycles. The van der Waals surface area contributed by atoms with Crippen LogP contribution in [0.15, 0.2) is 12.2 Å². The molecule has 58 valence electrons. The summed E-state index contributed by atoms with van der Waals surface area (Å²) in [5.74, 6) is 0. The van der Waals surface area contributed by atoms with Gasteiger partial charge in [-0.25, -0.2) is 0 Å². The van der Waals surface area contributed by atoms with Gasteiger partial charge in [-0.3, -0.25) is 4.90 Å². The Bertz CT molecular complexity index is 114. The normalized spacial score (nSPS) is 24.5. The van der Waals surface area contributed by atoms with Gasteiger partial charge in [-0.05, 0) is 25.9 Å². The van der Waals surface area contributed by atoms with Gasteiger partial charge in [0.05, 0.1) is 0 Å². The van der Waals surface area contributed by atoms with E-state index < -0.39 is 0 Å². The van der Waals surface area contributed by atoms with Gasteiger partial charge < -0.3 is 0 Å². The topological polar surface area (TPSA) is 3.24 Å². The highest BCUT2D eigenvalue weighted by atomic mass is 15.1. The number of allylic oxidation sites excluding steroid dienone is 1. The summed E-state index contributed by atoms with van der Waals surface area (Å²) in [4.78, 5) is 2.50. The van der Waals surface area contributed by atoms with E-state index in [1.807, 2.05) is 0 Å². The third-order valence-corrected chi connectivity index (χ3v) is 2.27. The highest BCUT2D eigenvalue weighted by Crippen LogP contribution is 2.15. The molecule has 0 aromatic carbocycles. The summed E-state index contributed by atoms with van der Waals surface area (Å²) in [6, 6.07) is 0.745. The quantitative estimate of drug-likeness (QED) is 0.541. The van der Waals surface area contributed by atoms with Crippen molar-refractivity contribution in [3.05, 3.63) is 12.2 Å². The second-order valence-corrected chi connectivity index (χ2v) is 2.79.